The number of carbonyl (C=O) groups excluding carboxylic acids is 1. The molecule has 0 aromatic heterocycles. The van der Waals surface area contributed by atoms with Crippen LogP contribution < -0.4 is 4.90 Å². The Kier molecular flexibility index (Phi) is 10.6. The number of hydrogen-bond donors (Lipinski definition) is 0. The number of ether oxygens (including phenoxy) is 1. The van der Waals surface area contributed by atoms with Crippen molar-refractivity contribution in [1.82, 2.24) is 9.80 Å². The lowest BCUT2D eigenvalue weighted by molar-refractivity contribution is -0.156. The summed E-state index contributed by atoms with van der Waals surface area (Å²) < 4.78 is 5.40. The Morgan fingerprint density at radius 2 is 1.58 bits per heavy atom. The zero-order valence-corrected chi connectivity index (χ0v) is 26.9. The van der Waals surface area contributed by atoms with Crippen LogP contribution in [0.4, 0.5) is 11.4 Å². The third-order valence-corrected chi connectivity index (χ3v) is 7.73. The molecule has 0 saturated carbocycles. The smallest absolute Gasteiger partial charge is 0.320 e. The molecule has 198 valence electrons. The molecule has 0 radical (unpaired) electrons. The number of aryl methyl sites for hydroxylation is 2. The normalized spacial score (nSPS) is 15.7. The van der Waals surface area contributed by atoms with Gasteiger partial charge >= 0.3 is 5.97 Å². The van der Waals surface area contributed by atoms with E-state index in [-0.39, 0.29) is 8.87 Å². The van der Waals surface area contributed by atoms with Gasteiger partial charge < -0.3 is 14.5 Å². The van der Waals surface area contributed by atoms with E-state index in [1.807, 2.05) is 20.8 Å². The third-order valence-electron chi connectivity index (χ3n) is 6.44. The van der Waals surface area contributed by atoms with Crippen LogP contribution in [0.1, 0.15) is 43.9 Å². The van der Waals surface area contributed by atoms with Gasteiger partial charge in [0.1, 0.15) is 5.60 Å². The summed E-state index contributed by atoms with van der Waals surface area (Å²) in [4.78, 5) is 19.4. The van der Waals surface area contributed by atoms with Crippen LogP contribution in [0.3, 0.4) is 0 Å². The molecule has 0 aliphatic carbocycles. The number of benzene rings is 2. The Balaban J connectivity index is 1.63. The fraction of sp³-hybridized carbons (Fsp3) is 0.536. The number of hydrogen-bond acceptors (Lipinski definition) is 5. The summed E-state index contributed by atoms with van der Waals surface area (Å²) in [6.45, 7) is 16.3. The predicted octanol–water partition coefficient (Wildman–Crippen LogP) is 6.09. The molecule has 0 amide bonds. The molecular weight excluding hydrogens is 599 g/mol. The van der Waals surface area contributed by atoms with E-state index in [9.17, 15) is 4.79 Å². The van der Waals surface area contributed by atoms with Crippen LogP contribution in [0, 0.1) is 13.8 Å². The second-order valence-electron chi connectivity index (χ2n) is 10.8. The minimum absolute atomic E-state index is 0.0867. The van der Waals surface area contributed by atoms with Crippen LogP contribution in [0.15, 0.2) is 42.5 Å². The van der Waals surface area contributed by atoms with Crippen LogP contribution >= 0.6 is 41.1 Å². The number of carbonyl (C=O) groups is 1. The monoisotopic (exact) mass is 641 g/mol. The lowest BCUT2D eigenvalue weighted by atomic mass is 10.1. The van der Waals surface area contributed by atoms with Crippen LogP contribution in [-0.4, -0.2) is 67.2 Å². The van der Waals surface area contributed by atoms with Gasteiger partial charge in [-0.25, -0.2) is 0 Å². The van der Waals surface area contributed by atoms with Crippen molar-refractivity contribution in [3.8, 4) is 0 Å². The molecule has 2 unspecified atom stereocenters. The van der Waals surface area contributed by atoms with Gasteiger partial charge in [0.2, 0.25) is 0 Å². The van der Waals surface area contributed by atoms with Crippen LogP contribution in [0.5, 0.6) is 0 Å². The van der Waals surface area contributed by atoms with E-state index < -0.39 is 5.60 Å². The molecule has 8 heteroatoms. The molecule has 5 nitrogen and oxygen atoms in total. The standard InChI is InChI=1S/C28H42IN3O2P2/c1-21-9-6-7-10-24(21)32(25-19-23(28(29,35)36)12-11-22(25)2)14-8-13-30-15-17-31(18-16-30)20-26(33)34-27(3,4)5/h6-7,9-12,19H,8,13-18,20,35-36H2,1-5H3. The van der Waals surface area contributed by atoms with Gasteiger partial charge in [0.15, 0.2) is 0 Å². The van der Waals surface area contributed by atoms with Crippen LogP contribution in [-0.2, 0) is 12.4 Å². The Bertz CT molecular complexity index is 1030. The summed E-state index contributed by atoms with van der Waals surface area (Å²) in [5.41, 5.74) is 5.97. The van der Waals surface area contributed by atoms with Crippen LogP contribution in [0.2, 0.25) is 0 Å². The average Bonchev–Trinajstić information content (AvgIpc) is 2.77. The molecule has 1 fully saturated rings. The Labute approximate surface area is 236 Å². The second kappa shape index (κ2) is 12.8. The van der Waals surface area contributed by atoms with Gasteiger partial charge in [-0.3, -0.25) is 9.69 Å². The summed E-state index contributed by atoms with van der Waals surface area (Å²) in [5, 5.41) is 0. The van der Waals surface area contributed by atoms with Gasteiger partial charge in [-0.1, -0.05) is 52.9 Å². The highest BCUT2D eigenvalue weighted by molar-refractivity contribution is 14.1. The summed E-state index contributed by atoms with van der Waals surface area (Å²) in [5.74, 6) is -0.131. The van der Waals surface area contributed by atoms with Crippen molar-refractivity contribution in [1.29, 1.82) is 0 Å². The quantitative estimate of drug-likeness (QED) is 0.144. The first kappa shape index (κ1) is 29.8. The highest BCUT2D eigenvalue weighted by atomic mass is 127. The lowest BCUT2D eigenvalue weighted by Gasteiger charge is -2.35. The number of anilines is 2. The first-order valence-corrected chi connectivity index (χ1v) is 14.9. The SMILES string of the molecule is Cc1ccccc1N(CCCN1CCN(CC(=O)OC(C)(C)C)CC1)c1cc(C(P)(P)I)ccc1C. The summed E-state index contributed by atoms with van der Waals surface area (Å²) in [6.07, 6.45) is 1.07. The van der Waals surface area contributed by atoms with Crippen molar-refractivity contribution in [2.45, 2.75) is 49.5 Å². The van der Waals surface area contributed by atoms with Gasteiger partial charge in [0, 0.05) is 44.1 Å². The molecule has 36 heavy (non-hydrogen) atoms. The maximum absolute atomic E-state index is 12.2. The Hall–Kier alpha value is -0.780. The Morgan fingerprint density at radius 1 is 0.972 bits per heavy atom. The van der Waals surface area contributed by atoms with Gasteiger partial charge in [0.25, 0.3) is 0 Å². The molecule has 1 aliphatic rings. The largest absolute Gasteiger partial charge is 0.459 e. The zero-order chi connectivity index (χ0) is 26.5. The van der Waals surface area contributed by atoms with Gasteiger partial charge in [0.05, 0.1) is 9.45 Å². The summed E-state index contributed by atoms with van der Waals surface area (Å²) in [7, 11) is 5.85. The third kappa shape index (κ3) is 8.91. The van der Waals surface area contributed by atoms with E-state index in [2.05, 4.69) is 112 Å². The highest BCUT2D eigenvalue weighted by Crippen LogP contribution is 2.47. The molecule has 2 atom stereocenters. The van der Waals surface area contributed by atoms with Crippen molar-refractivity contribution in [2.24, 2.45) is 0 Å². The summed E-state index contributed by atoms with van der Waals surface area (Å²) >= 11 is 2.46. The van der Waals surface area contributed by atoms with Crippen molar-refractivity contribution in [3.63, 3.8) is 0 Å². The molecule has 0 N–H and O–H groups in total. The van der Waals surface area contributed by atoms with E-state index in [1.54, 1.807) is 0 Å². The molecule has 1 heterocycles. The topological polar surface area (TPSA) is 36.0 Å². The average molecular weight is 642 g/mol. The van der Waals surface area contributed by atoms with Gasteiger partial charge in [-0.2, -0.15) is 0 Å². The minimum Gasteiger partial charge on any atom is -0.459 e. The molecule has 0 bridgehead atoms. The molecule has 1 aliphatic heterocycles. The molecule has 2 aromatic carbocycles. The van der Waals surface area contributed by atoms with E-state index in [0.717, 1.165) is 45.7 Å². The fourth-order valence-electron chi connectivity index (χ4n) is 4.56. The first-order chi connectivity index (χ1) is 16.8. The second-order valence-corrected chi connectivity index (χ2v) is 17.4. The highest BCUT2D eigenvalue weighted by Gasteiger charge is 2.24. The molecule has 0 spiro atoms. The van der Waals surface area contributed by atoms with E-state index in [1.165, 1.54) is 28.1 Å². The van der Waals surface area contributed by atoms with E-state index >= 15 is 0 Å². The van der Waals surface area contributed by atoms with Gasteiger partial charge in [-0.05, 0) is 76.4 Å². The molecule has 3 rings (SSSR count). The number of alkyl halides is 1. The Morgan fingerprint density at radius 3 is 2.19 bits per heavy atom. The predicted molar refractivity (Wildman–Crippen MR) is 168 cm³/mol. The molecular formula is C28H42IN3O2P2. The van der Waals surface area contributed by atoms with Crippen molar-refractivity contribution < 1.29 is 9.53 Å². The molecule has 2 aromatic rings. The maximum Gasteiger partial charge on any atom is 0.320 e. The number of halogens is 1. The molecule has 1 saturated heterocycles. The van der Waals surface area contributed by atoms with E-state index in [4.69, 9.17) is 4.74 Å². The minimum atomic E-state index is -0.427. The van der Waals surface area contributed by atoms with Crippen molar-refractivity contribution in [3.05, 3.63) is 59.2 Å². The maximum atomic E-state index is 12.2. The summed E-state index contributed by atoms with van der Waals surface area (Å²) in [6, 6.07) is 15.5. The number of esters is 1. The van der Waals surface area contributed by atoms with Crippen LogP contribution in [0.25, 0.3) is 0 Å². The number of rotatable bonds is 9. The first-order valence-electron chi connectivity index (χ1n) is 12.7. The number of para-hydroxylation sites is 1. The van der Waals surface area contributed by atoms with Gasteiger partial charge in [-0.15, -0.1) is 18.5 Å². The lowest BCUT2D eigenvalue weighted by Crippen LogP contribution is -2.49. The van der Waals surface area contributed by atoms with Crippen molar-refractivity contribution >= 4 is 58.4 Å². The van der Waals surface area contributed by atoms with E-state index in [0.29, 0.717) is 6.54 Å². The number of nitrogens with zero attached hydrogens (tertiary/aromatic N) is 3. The fourth-order valence-corrected chi connectivity index (χ4v) is 5.25. The van der Waals surface area contributed by atoms with Crippen molar-refractivity contribution in [2.75, 3.05) is 50.7 Å². The number of piperazine rings is 1. The zero-order valence-electron chi connectivity index (χ0n) is 22.4.